The molecule has 2 saturated heterocycles. The molecule has 1 aromatic rings. The topological polar surface area (TPSA) is 28.2 Å². The molecule has 0 aliphatic carbocycles. The number of pyridine rings is 1. The third-order valence-electron chi connectivity index (χ3n) is 3.58. The average Bonchev–Trinajstić information content (AvgIpc) is 2.79. The molecule has 80 valence electrons. The minimum Gasteiger partial charge on any atom is -0.316 e. The van der Waals surface area contributed by atoms with Gasteiger partial charge in [0.05, 0.1) is 5.69 Å². The summed E-state index contributed by atoms with van der Waals surface area (Å²) in [7, 11) is 0. The van der Waals surface area contributed by atoms with Crippen LogP contribution in [0, 0.1) is 11.8 Å². The Bertz CT molecular complexity index is 313. The van der Waals surface area contributed by atoms with E-state index in [1.807, 2.05) is 12.3 Å². The Balaban J connectivity index is 1.62. The molecule has 2 fully saturated rings. The van der Waals surface area contributed by atoms with Crippen molar-refractivity contribution in [1.82, 2.24) is 15.2 Å². The van der Waals surface area contributed by atoms with Gasteiger partial charge >= 0.3 is 0 Å². The third kappa shape index (κ3) is 1.90. The molecule has 0 bridgehead atoms. The summed E-state index contributed by atoms with van der Waals surface area (Å²) in [5.41, 5.74) is 1.20. The molecule has 15 heavy (non-hydrogen) atoms. The maximum atomic E-state index is 4.38. The van der Waals surface area contributed by atoms with Gasteiger partial charge in [0.25, 0.3) is 0 Å². The van der Waals surface area contributed by atoms with Crippen molar-refractivity contribution in [3.05, 3.63) is 30.1 Å². The lowest BCUT2D eigenvalue weighted by Gasteiger charge is -2.15. The number of aromatic nitrogens is 1. The van der Waals surface area contributed by atoms with E-state index in [1.165, 1.54) is 31.9 Å². The van der Waals surface area contributed by atoms with Crippen LogP contribution in [0.2, 0.25) is 0 Å². The van der Waals surface area contributed by atoms with Gasteiger partial charge in [0.1, 0.15) is 0 Å². The molecule has 2 atom stereocenters. The molecule has 0 radical (unpaired) electrons. The van der Waals surface area contributed by atoms with Gasteiger partial charge in [-0.2, -0.15) is 0 Å². The van der Waals surface area contributed by atoms with E-state index >= 15 is 0 Å². The monoisotopic (exact) mass is 203 g/mol. The first-order valence-corrected chi connectivity index (χ1v) is 5.75. The van der Waals surface area contributed by atoms with Crippen LogP contribution in [-0.2, 0) is 6.54 Å². The average molecular weight is 203 g/mol. The second-order valence-corrected chi connectivity index (χ2v) is 4.69. The van der Waals surface area contributed by atoms with Crippen molar-refractivity contribution < 1.29 is 0 Å². The molecule has 2 aliphatic heterocycles. The van der Waals surface area contributed by atoms with Crippen molar-refractivity contribution >= 4 is 0 Å². The molecule has 0 amide bonds. The SMILES string of the molecule is c1ccc(CN2C[C@H]3CNC[C@H]3C2)nc1. The maximum absolute atomic E-state index is 4.38. The largest absolute Gasteiger partial charge is 0.316 e. The van der Waals surface area contributed by atoms with Gasteiger partial charge in [0.15, 0.2) is 0 Å². The van der Waals surface area contributed by atoms with Gasteiger partial charge in [-0.25, -0.2) is 0 Å². The second-order valence-electron chi connectivity index (χ2n) is 4.69. The van der Waals surface area contributed by atoms with Gasteiger partial charge in [0, 0.05) is 25.8 Å². The minimum absolute atomic E-state index is 0.883. The van der Waals surface area contributed by atoms with Crippen molar-refractivity contribution in [2.45, 2.75) is 6.54 Å². The molecule has 0 unspecified atom stereocenters. The number of fused-ring (bicyclic) bond motifs is 1. The van der Waals surface area contributed by atoms with E-state index in [0.29, 0.717) is 0 Å². The predicted octanol–water partition coefficient (Wildman–Crippen LogP) is 0.733. The molecular formula is C12H17N3. The zero-order valence-corrected chi connectivity index (χ0v) is 8.89. The zero-order valence-electron chi connectivity index (χ0n) is 8.89. The van der Waals surface area contributed by atoms with E-state index < -0.39 is 0 Å². The van der Waals surface area contributed by atoms with Crippen LogP contribution in [0.3, 0.4) is 0 Å². The van der Waals surface area contributed by atoms with Crippen molar-refractivity contribution in [2.24, 2.45) is 11.8 Å². The van der Waals surface area contributed by atoms with Gasteiger partial charge in [-0.15, -0.1) is 0 Å². The van der Waals surface area contributed by atoms with Gasteiger partial charge in [-0.05, 0) is 37.1 Å². The first kappa shape index (κ1) is 9.31. The molecule has 0 saturated carbocycles. The summed E-state index contributed by atoms with van der Waals surface area (Å²) in [5.74, 6) is 1.77. The Morgan fingerprint density at radius 1 is 1.27 bits per heavy atom. The van der Waals surface area contributed by atoms with Gasteiger partial charge in [-0.3, -0.25) is 9.88 Å². The smallest absolute Gasteiger partial charge is 0.0543 e. The first-order valence-electron chi connectivity index (χ1n) is 5.75. The number of hydrogen-bond donors (Lipinski definition) is 1. The fourth-order valence-electron chi connectivity index (χ4n) is 2.80. The van der Waals surface area contributed by atoms with Gasteiger partial charge < -0.3 is 5.32 Å². The summed E-state index contributed by atoms with van der Waals surface area (Å²) in [6.07, 6.45) is 1.88. The van der Waals surface area contributed by atoms with Crippen molar-refractivity contribution in [3.8, 4) is 0 Å². The summed E-state index contributed by atoms with van der Waals surface area (Å²) in [5, 5.41) is 3.47. The lowest BCUT2D eigenvalue weighted by molar-refractivity contribution is 0.302. The number of nitrogens with one attached hydrogen (secondary N) is 1. The molecular weight excluding hydrogens is 186 g/mol. The van der Waals surface area contributed by atoms with E-state index in [1.54, 1.807) is 0 Å². The molecule has 1 N–H and O–H groups in total. The van der Waals surface area contributed by atoms with E-state index in [-0.39, 0.29) is 0 Å². The molecule has 0 aromatic carbocycles. The first-order chi connectivity index (χ1) is 7.42. The number of hydrogen-bond acceptors (Lipinski definition) is 3. The quantitative estimate of drug-likeness (QED) is 0.768. The summed E-state index contributed by atoms with van der Waals surface area (Å²) in [6, 6.07) is 6.17. The van der Waals surface area contributed by atoms with Crippen molar-refractivity contribution in [3.63, 3.8) is 0 Å². The van der Waals surface area contributed by atoms with Crippen LogP contribution >= 0.6 is 0 Å². The van der Waals surface area contributed by atoms with Crippen LogP contribution in [0.1, 0.15) is 5.69 Å². The van der Waals surface area contributed by atoms with E-state index in [4.69, 9.17) is 0 Å². The Kier molecular flexibility index (Phi) is 2.43. The Labute approximate surface area is 90.5 Å². The molecule has 3 heteroatoms. The Hall–Kier alpha value is -0.930. The number of nitrogens with zero attached hydrogens (tertiary/aromatic N) is 2. The second kappa shape index (κ2) is 3.91. The fraction of sp³-hybridized carbons (Fsp3) is 0.583. The van der Waals surface area contributed by atoms with Gasteiger partial charge in [-0.1, -0.05) is 6.07 Å². The highest BCUT2D eigenvalue weighted by molar-refractivity contribution is 5.04. The highest BCUT2D eigenvalue weighted by Gasteiger charge is 2.35. The predicted molar refractivity (Wildman–Crippen MR) is 59.4 cm³/mol. The lowest BCUT2D eigenvalue weighted by atomic mass is 10.0. The Morgan fingerprint density at radius 3 is 2.73 bits per heavy atom. The zero-order chi connectivity index (χ0) is 10.1. The normalized spacial score (nSPS) is 30.7. The van der Waals surface area contributed by atoms with E-state index in [9.17, 15) is 0 Å². The third-order valence-corrected chi connectivity index (χ3v) is 3.58. The van der Waals surface area contributed by atoms with Crippen molar-refractivity contribution in [2.75, 3.05) is 26.2 Å². The van der Waals surface area contributed by atoms with Gasteiger partial charge in [0.2, 0.25) is 0 Å². The van der Waals surface area contributed by atoms with Crippen LogP contribution in [0.15, 0.2) is 24.4 Å². The van der Waals surface area contributed by atoms with Crippen LogP contribution in [0.25, 0.3) is 0 Å². The molecule has 3 heterocycles. The highest BCUT2D eigenvalue weighted by atomic mass is 15.2. The lowest BCUT2D eigenvalue weighted by Crippen LogP contribution is -2.25. The van der Waals surface area contributed by atoms with Crippen molar-refractivity contribution in [1.29, 1.82) is 0 Å². The highest BCUT2D eigenvalue weighted by Crippen LogP contribution is 2.26. The molecule has 1 aromatic heterocycles. The van der Waals surface area contributed by atoms with Crippen LogP contribution in [0.4, 0.5) is 0 Å². The van der Waals surface area contributed by atoms with Crippen LogP contribution in [0.5, 0.6) is 0 Å². The van der Waals surface area contributed by atoms with E-state index in [0.717, 1.165) is 18.4 Å². The molecule has 3 rings (SSSR count). The fourth-order valence-corrected chi connectivity index (χ4v) is 2.80. The summed E-state index contributed by atoms with van der Waals surface area (Å²) in [6.45, 7) is 5.93. The minimum atomic E-state index is 0.883. The Morgan fingerprint density at radius 2 is 2.07 bits per heavy atom. The summed E-state index contributed by atoms with van der Waals surface area (Å²) < 4.78 is 0. The summed E-state index contributed by atoms with van der Waals surface area (Å²) >= 11 is 0. The van der Waals surface area contributed by atoms with Crippen LogP contribution < -0.4 is 5.32 Å². The molecule has 3 nitrogen and oxygen atoms in total. The number of likely N-dealkylation sites (tertiary alicyclic amines) is 1. The summed E-state index contributed by atoms with van der Waals surface area (Å²) in [4.78, 5) is 6.92. The standard InChI is InChI=1S/C12H17N3/c1-2-4-14-12(3-1)9-15-7-10-5-13-6-11(10)8-15/h1-4,10-11,13H,5-9H2/t10-,11+. The maximum Gasteiger partial charge on any atom is 0.0543 e. The number of rotatable bonds is 2. The van der Waals surface area contributed by atoms with Crippen LogP contribution in [-0.4, -0.2) is 36.1 Å². The molecule has 2 aliphatic rings. The molecule has 0 spiro atoms. The van der Waals surface area contributed by atoms with E-state index in [2.05, 4.69) is 27.3 Å².